The normalized spacial score (nSPS) is 20.3. The first-order valence-electron chi connectivity index (χ1n) is 6.41. The third kappa shape index (κ3) is 2.52. The quantitative estimate of drug-likeness (QED) is 0.885. The average molecular weight is 263 g/mol. The molecule has 0 aliphatic carbocycles. The summed E-state index contributed by atoms with van der Waals surface area (Å²) in [7, 11) is 0. The van der Waals surface area contributed by atoms with Crippen molar-refractivity contribution in [3.05, 3.63) is 45.9 Å². The second kappa shape index (κ2) is 5.72. The lowest BCUT2D eigenvalue weighted by molar-refractivity contribution is 0.0639. The van der Waals surface area contributed by atoms with Gasteiger partial charge in [-0.25, -0.2) is 0 Å². The molecule has 0 radical (unpaired) electrons. The van der Waals surface area contributed by atoms with Gasteiger partial charge >= 0.3 is 0 Å². The molecule has 0 bridgehead atoms. The highest BCUT2D eigenvalue weighted by Crippen LogP contribution is 2.36. The summed E-state index contributed by atoms with van der Waals surface area (Å²) in [5.41, 5.74) is 3.80. The standard InChI is InChI=1S/C15H21NOS/c1-5-16-14(11(4)10(2)3)15-12-7-9-18-13(12)6-8-17-15/h5,7,9-10,15-16H,1,6,8H2,2-4H3/b14-11-. The Balaban J connectivity index is 2.40. The van der Waals surface area contributed by atoms with Crippen molar-refractivity contribution in [3.8, 4) is 0 Å². The maximum Gasteiger partial charge on any atom is 0.123 e. The van der Waals surface area contributed by atoms with Crippen LogP contribution >= 0.6 is 11.3 Å². The Hall–Kier alpha value is -1.06. The first-order chi connectivity index (χ1) is 8.65. The molecule has 1 unspecified atom stereocenters. The van der Waals surface area contributed by atoms with E-state index in [1.165, 1.54) is 16.0 Å². The summed E-state index contributed by atoms with van der Waals surface area (Å²) >= 11 is 1.83. The molecule has 1 aliphatic rings. The number of fused-ring (bicyclic) bond motifs is 1. The van der Waals surface area contributed by atoms with Gasteiger partial charge in [0.1, 0.15) is 6.10 Å². The van der Waals surface area contributed by atoms with E-state index in [9.17, 15) is 0 Å². The Morgan fingerprint density at radius 3 is 3.06 bits per heavy atom. The van der Waals surface area contributed by atoms with Crippen LogP contribution in [0.4, 0.5) is 0 Å². The lowest BCUT2D eigenvalue weighted by Gasteiger charge is -2.28. The van der Waals surface area contributed by atoms with Crippen molar-refractivity contribution in [1.29, 1.82) is 0 Å². The number of thiophene rings is 1. The minimum absolute atomic E-state index is 0.0420. The zero-order chi connectivity index (χ0) is 13.1. The summed E-state index contributed by atoms with van der Waals surface area (Å²) in [5, 5.41) is 5.44. The molecular formula is C15H21NOS. The molecule has 1 aromatic heterocycles. The van der Waals surface area contributed by atoms with Crippen LogP contribution in [-0.2, 0) is 11.2 Å². The lowest BCUT2D eigenvalue weighted by atomic mass is 9.95. The van der Waals surface area contributed by atoms with Gasteiger partial charge in [0.15, 0.2) is 0 Å². The second-order valence-corrected chi connectivity index (χ2v) is 5.90. The summed E-state index contributed by atoms with van der Waals surface area (Å²) in [6.07, 6.45) is 2.82. The molecule has 3 heteroatoms. The van der Waals surface area contributed by atoms with Gasteiger partial charge in [-0.3, -0.25) is 0 Å². The molecule has 0 spiro atoms. The Kier molecular flexibility index (Phi) is 4.25. The minimum atomic E-state index is 0.0420. The highest BCUT2D eigenvalue weighted by atomic mass is 32.1. The van der Waals surface area contributed by atoms with Crippen molar-refractivity contribution in [2.75, 3.05) is 6.61 Å². The summed E-state index contributed by atoms with van der Waals surface area (Å²) in [4.78, 5) is 1.45. The molecule has 2 rings (SSSR count). The molecule has 98 valence electrons. The maximum absolute atomic E-state index is 5.99. The van der Waals surface area contributed by atoms with Crippen molar-refractivity contribution in [2.45, 2.75) is 33.3 Å². The third-order valence-electron chi connectivity index (χ3n) is 3.49. The topological polar surface area (TPSA) is 21.3 Å². The number of hydrogen-bond donors (Lipinski definition) is 1. The number of nitrogens with one attached hydrogen (secondary N) is 1. The van der Waals surface area contributed by atoms with E-state index >= 15 is 0 Å². The van der Waals surface area contributed by atoms with Gasteiger partial charge < -0.3 is 10.1 Å². The Morgan fingerprint density at radius 2 is 2.39 bits per heavy atom. The molecule has 0 saturated carbocycles. The van der Waals surface area contributed by atoms with Crippen LogP contribution in [0.15, 0.2) is 35.5 Å². The first kappa shape index (κ1) is 13.4. The van der Waals surface area contributed by atoms with Crippen LogP contribution in [-0.4, -0.2) is 6.61 Å². The largest absolute Gasteiger partial charge is 0.367 e. The monoisotopic (exact) mass is 263 g/mol. The lowest BCUT2D eigenvalue weighted by Crippen LogP contribution is -2.24. The van der Waals surface area contributed by atoms with E-state index in [-0.39, 0.29) is 6.10 Å². The van der Waals surface area contributed by atoms with Crippen molar-refractivity contribution in [3.63, 3.8) is 0 Å². The highest BCUT2D eigenvalue weighted by Gasteiger charge is 2.26. The van der Waals surface area contributed by atoms with E-state index in [0.717, 1.165) is 18.7 Å². The van der Waals surface area contributed by atoms with Gasteiger partial charge in [0, 0.05) is 22.6 Å². The molecular weight excluding hydrogens is 242 g/mol. The molecule has 18 heavy (non-hydrogen) atoms. The molecule has 1 aliphatic heterocycles. The minimum Gasteiger partial charge on any atom is -0.367 e. The van der Waals surface area contributed by atoms with Crippen molar-refractivity contribution >= 4 is 11.3 Å². The highest BCUT2D eigenvalue weighted by molar-refractivity contribution is 7.10. The Labute approximate surface area is 113 Å². The fourth-order valence-corrected chi connectivity index (χ4v) is 3.09. The Bertz CT molecular complexity index is 459. The van der Waals surface area contributed by atoms with E-state index in [1.54, 1.807) is 6.20 Å². The summed E-state index contributed by atoms with van der Waals surface area (Å²) in [6.45, 7) is 11.2. The first-order valence-corrected chi connectivity index (χ1v) is 7.29. The maximum atomic E-state index is 5.99. The van der Waals surface area contributed by atoms with Gasteiger partial charge in [-0.15, -0.1) is 11.3 Å². The SMILES string of the molecule is C=CN/C(=C(/C)C(C)C)C1OCCc2sccc21. The molecule has 2 nitrogen and oxygen atoms in total. The zero-order valence-electron chi connectivity index (χ0n) is 11.3. The van der Waals surface area contributed by atoms with E-state index in [0.29, 0.717) is 5.92 Å². The second-order valence-electron chi connectivity index (χ2n) is 4.90. The van der Waals surface area contributed by atoms with Crippen LogP contribution in [0.2, 0.25) is 0 Å². The van der Waals surface area contributed by atoms with Crippen molar-refractivity contribution in [2.24, 2.45) is 5.92 Å². The van der Waals surface area contributed by atoms with Gasteiger partial charge in [0.2, 0.25) is 0 Å². The predicted octanol–water partition coefficient (Wildman–Crippen LogP) is 4.03. The molecule has 0 saturated heterocycles. The van der Waals surface area contributed by atoms with E-state index in [2.05, 4.69) is 44.1 Å². The Morgan fingerprint density at radius 1 is 1.61 bits per heavy atom. The fourth-order valence-electron chi connectivity index (χ4n) is 2.20. The van der Waals surface area contributed by atoms with Gasteiger partial charge in [-0.1, -0.05) is 20.4 Å². The zero-order valence-corrected chi connectivity index (χ0v) is 12.1. The number of rotatable bonds is 4. The number of ether oxygens (including phenoxy) is 1. The molecule has 0 aromatic carbocycles. The van der Waals surface area contributed by atoms with Crippen molar-refractivity contribution in [1.82, 2.24) is 5.32 Å². The number of allylic oxidation sites excluding steroid dienone is 1. The molecule has 2 heterocycles. The molecule has 0 amide bonds. The van der Waals surface area contributed by atoms with E-state index in [1.807, 2.05) is 11.3 Å². The van der Waals surface area contributed by atoms with Crippen LogP contribution in [0.3, 0.4) is 0 Å². The predicted molar refractivity (Wildman–Crippen MR) is 77.6 cm³/mol. The van der Waals surface area contributed by atoms with Crippen LogP contribution in [0, 0.1) is 5.92 Å². The molecule has 0 fully saturated rings. The van der Waals surface area contributed by atoms with Gasteiger partial charge in [0.25, 0.3) is 0 Å². The summed E-state index contributed by atoms with van der Waals surface area (Å²) < 4.78 is 5.99. The van der Waals surface area contributed by atoms with Gasteiger partial charge in [0.05, 0.1) is 6.61 Å². The summed E-state index contributed by atoms with van der Waals surface area (Å²) in [5.74, 6) is 0.500. The fraction of sp³-hybridized carbons (Fsp3) is 0.467. The van der Waals surface area contributed by atoms with Crippen molar-refractivity contribution < 1.29 is 4.74 Å². The third-order valence-corrected chi connectivity index (χ3v) is 4.48. The molecule has 1 aromatic rings. The van der Waals surface area contributed by atoms with Crippen LogP contribution < -0.4 is 5.32 Å². The van der Waals surface area contributed by atoms with E-state index < -0.39 is 0 Å². The van der Waals surface area contributed by atoms with Crippen LogP contribution in [0.25, 0.3) is 0 Å². The number of hydrogen-bond acceptors (Lipinski definition) is 3. The van der Waals surface area contributed by atoms with Crippen LogP contribution in [0.1, 0.15) is 37.3 Å². The smallest absolute Gasteiger partial charge is 0.123 e. The van der Waals surface area contributed by atoms with E-state index in [4.69, 9.17) is 4.74 Å². The van der Waals surface area contributed by atoms with Crippen LogP contribution in [0.5, 0.6) is 0 Å². The molecule has 1 N–H and O–H groups in total. The summed E-state index contributed by atoms with van der Waals surface area (Å²) in [6, 6.07) is 2.18. The molecule has 1 atom stereocenters. The average Bonchev–Trinajstić information content (AvgIpc) is 2.83. The van der Waals surface area contributed by atoms with Gasteiger partial charge in [-0.05, 0) is 36.1 Å². The van der Waals surface area contributed by atoms with Gasteiger partial charge in [-0.2, -0.15) is 0 Å².